The summed E-state index contributed by atoms with van der Waals surface area (Å²) < 4.78 is 0. The van der Waals surface area contributed by atoms with E-state index in [2.05, 4.69) is 31.5 Å². The van der Waals surface area contributed by atoms with Crippen molar-refractivity contribution >= 4 is 29.3 Å². The van der Waals surface area contributed by atoms with Crippen LogP contribution in [0, 0.1) is 5.92 Å². The molecule has 0 aliphatic rings. The van der Waals surface area contributed by atoms with E-state index in [9.17, 15) is 4.79 Å². The van der Waals surface area contributed by atoms with Gasteiger partial charge in [-0.1, -0.05) is 32.4 Å². The van der Waals surface area contributed by atoms with Crippen molar-refractivity contribution in [1.82, 2.24) is 4.98 Å². The van der Waals surface area contributed by atoms with Crippen LogP contribution < -0.4 is 0 Å². The van der Waals surface area contributed by atoms with Crippen molar-refractivity contribution in [2.24, 2.45) is 5.92 Å². The third-order valence-corrected chi connectivity index (χ3v) is 3.97. The molecule has 2 rings (SSSR count). The maximum Gasteiger partial charge on any atom is 0.163 e. The minimum atomic E-state index is 0.201. The van der Waals surface area contributed by atoms with Crippen LogP contribution >= 0.6 is 12.6 Å². The van der Waals surface area contributed by atoms with E-state index in [0.717, 1.165) is 34.2 Å². The number of Topliss-reactive ketones (excluding diaryl/α,β-unsaturated/α-hetero) is 1. The van der Waals surface area contributed by atoms with E-state index in [-0.39, 0.29) is 5.78 Å². The van der Waals surface area contributed by atoms with Crippen molar-refractivity contribution in [2.45, 2.75) is 38.0 Å². The van der Waals surface area contributed by atoms with Crippen LogP contribution in [0.25, 0.3) is 10.9 Å². The first-order valence-corrected chi connectivity index (χ1v) is 7.18. The van der Waals surface area contributed by atoms with Crippen LogP contribution in [-0.4, -0.2) is 10.8 Å². The summed E-state index contributed by atoms with van der Waals surface area (Å²) in [4.78, 5) is 17.5. The molecule has 1 aromatic carbocycles. The van der Waals surface area contributed by atoms with Crippen LogP contribution in [0.1, 0.15) is 43.5 Å². The number of thiol groups is 1. The standard InChI is InChI=1S/C16H19NOS/c1-3-11(2)7-8-14(18)12-9-10-17-16-13(12)5-4-6-15(16)19/h4-6,9-11,19H,3,7-8H2,1-2H3. The zero-order valence-electron chi connectivity index (χ0n) is 11.4. The zero-order chi connectivity index (χ0) is 13.8. The number of para-hydroxylation sites is 1. The number of nitrogens with zero attached hydrogens (tertiary/aromatic N) is 1. The molecule has 0 radical (unpaired) electrons. The van der Waals surface area contributed by atoms with Crippen LogP contribution in [0.4, 0.5) is 0 Å². The topological polar surface area (TPSA) is 30.0 Å². The average Bonchev–Trinajstić information content (AvgIpc) is 2.44. The molecule has 0 N–H and O–H groups in total. The fourth-order valence-corrected chi connectivity index (χ4v) is 2.38. The van der Waals surface area contributed by atoms with Crippen molar-refractivity contribution in [2.75, 3.05) is 0 Å². The van der Waals surface area contributed by atoms with Gasteiger partial charge in [0.25, 0.3) is 0 Å². The lowest BCUT2D eigenvalue weighted by molar-refractivity contribution is 0.0976. The molecule has 0 saturated heterocycles. The van der Waals surface area contributed by atoms with Gasteiger partial charge in [-0.2, -0.15) is 0 Å². The molecular weight excluding hydrogens is 254 g/mol. The predicted octanol–water partition coefficient (Wildman–Crippen LogP) is 4.53. The first-order valence-electron chi connectivity index (χ1n) is 6.73. The molecule has 0 spiro atoms. The highest BCUT2D eigenvalue weighted by Crippen LogP contribution is 2.24. The Morgan fingerprint density at radius 2 is 2.16 bits per heavy atom. The largest absolute Gasteiger partial charge is 0.294 e. The van der Waals surface area contributed by atoms with Crippen molar-refractivity contribution in [3.63, 3.8) is 0 Å². The number of fused-ring (bicyclic) bond motifs is 1. The van der Waals surface area contributed by atoms with Crippen molar-refractivity contribution in [3.8, 4) is 0 Å². The highest BCUT2D eigenvalue weighted by Gasteiger charge is 2.12. The number of ketones is 1. The van der Waals surface area contributed by atoms with E-state index >= 15 is 0 Å². The van der Waals surface area contributed by atoms with Crippen LogP contribution in [-0.2, 0) is 0 Å². The SMILES string of the molecule is CCC(C)CCC(=O)c1ccnc2c(S)cccc12. The van der Waals surface area contributed by atoms with Gasteiger partial charge >= 0.3 is 0 Å². The Bertz CT molecular complexity index is 594. The fraction of sp³-hybridized carbons (Fsp3) is 0.375. The van der Waals surface area contributed by atoms with Crippen LogP contribution in [0.3, 0.4) is 0 Å². The highest BCUT2D eigenvalue weighted by molar-refractivity contribution is 7.80. The molecule has 19 heavy (non-hydrogen) atoms. The summed E-state index contributed by atoms with van der Waals surface area (Å²) in [6.07, 6.45) is 4.36. The van der Waals surface area contributed by atoms with E-state index < -0.39 is 0 Å². The molecule has 2 nitrogen and oxygen atoms in total. The number of carbonyl (C=O) groups excluding carboxylic acids is 1. The van der Waals surface area contributed by atoms with E-state index in [1.54, 1.807) is 6.20 Å². The number of hydrogen-bond donors (Lipinski definition) is 1. The van der Waals surface area contributed by atoms with Gasteiger partial charge in [-0.05, 0) is 24.5 Å². The summed E-state index contributed by atoms with van der Waals surface area (Å²) in [6, 6.07) is 7.57. The minimum Gasteiger partial charge on any atom is -0.294 e. The number of hydrogen-bond acceptors (Lipinski definition) is 3. The van der Waals surface area contributed by atoms with Crippen LogP contribution in [0.2, 0.25) is 0 Å². The van der Waals surface area contributed by atoms with Crippen molar-refractivity contribution < 1.29 is 4.79 Å². The van der Waals surface area contributed by atoms with Gasteiger partial charge in [-0.3, -0.25) is 9.78 Å². The molecular formula is C16H19NOS. The smallest absolute Gasteiger partial charge is 0.163 e. The fourth-order valence-electron chi connectivity index (χ4n) is 2.12. The Kier molecular flexibility index (Phi) is 4.59. The second-order valence-corrected chi connectivity index (χ2v) is 5.49. The van der Waals surface area contributed by atoms with Crippen LogP contribution in [0.15, 0.2) is 35.4 Å². The quantitative estimate of drug-likeness (QED) is 0.640. The van der Waals surface area contributed by atoms with E-state index in [4.69, 9.17) is 0 Å². The Morgan fingerprint density at radius 3 is 2.89 bits per heavy atom. The molecule has 3 heteroatoms. The lowest BCUT2D eigenvalue weighted by Gasteiger charge is -2.09. The van der Waals surface area contributed by atoms with Gasteiger partial charge in [0.1, 0.15) is 0 Å². The predicted molar refractivity (Wildman–Crippen MR) is 82.0 cm³/mol. The lowest BCUT2D eigenvalue weighted by atomic mass is 9.97. The Balaban J connectivity index is 2.30. The van der Waals surface area contributed by atoms with E-state index in [1.165, 1.54) is 0 Å². The Morgan fingerprint density at radius 1 is 1.37 bits per heavy atom. The summed E-state index contributed by atoms with van der Waals surface area (Å²) in [7, 11) is 0. The minimum absolute atomic E-state index is 0.201. The molecule has 100 valence electrons. The second kappa shape index (κ2) is 6.20. The molecule has 0 amide bonds. The molecule has 2 aromatic rings. The number of benzene rings is 1. The number of pyridine rings is 1. The third-order valence-electron chi connectivity index (χ3n) is 3.61. The van der Waals surface area contributed by atoms with E-state index in [0.29, 0.717) is 12.3 Å². The second-order valence-electron chi connectivity index (χ2n) is 5.01. The molecule has 1 atom stereocenters. The molecule has 1 aromatic heterocycles. The molecule has 0 fully saturated rings. The van der Waals surface area contributed by atoms with Gasteiger partial charge < -0.3 is 0 Å². The number of rotatable bonds is 5. The summed E-state index contributed by atoms with van der Waals surface area (Å²) >= 11 is 4.39. The van der Waals surface area contributed by atoms with Gasteiger partial charge in [-0.25, -0.2) is 0 Å². The molecule has 0 saturated carbocycles. The van der Waals surface area contributed by atoms with E-state index in [1.807, 2.05) is 24.3 Å². The maximum absolute atomic E-state index is 12.3. The molecule has 0 aliphatic carbocycles. The van der Waals surface area contributed by atoms with Gasteiger partial charge in [0.05, 0.1) is 5.52 Å². The van der Waals surface area contributed by atoms with Gasteiger partial charge in [0.2, 0.25) is 0 Å². The zero-order valence-corrected chi connectivity index (χ0v) is 12.3. The number of aromatic nitrogens is 1. The third kappa shape index (κ3) is 3.16. The molecule has 1 heterocycles. The van der Waals surface area contributed by atoms with Gasteiger partial charge in [0, 0.05) is 28.5 Å². The Labute approximate surface area is 119 Å². The molecule has 1 unspecified atom stereocenters. The average molecular weight is 273 g/mol. The highest BCUT2D eigenvalue weighted by atomic mass is 32.1. The van der Waals surface area contributed by atoms with Gasteiger partial charge in [0.15, 0.2) is 5.78 Å². The first kappa shape index (κ1) is 14.1. The summed E-state index contributed by atoms with van der Waals surface area (Å²) in [5, 5.41) is 0.907. The van der Waals surface area contributed by atoms with Crippen LogP contribution in [0.5, 0.6) is 0 Å². The summed E-state index contributed by atoms with van der Waals surface area (Å²) in [6.45, 7) is 4.34. The first-order chi connectivity index (χ1) is 9.13. The Hall–Kier alpha value is -1.35. The van der Waals surface area contributed by atoms with Crippen molar-refractivity contribution in [3.05, 3.63) is 36.0 Å². The molecule has 0 aliphatic heterocycles. The monoisotopic (exact) mass is 273 g/mol. The lowest BCUT2D eigenvalue weighted by Crippen LogP contribution is -2.04. The summed E-state index contributed by atoms with van der Waals surface area (Å²) in [5.41, 5.74) is 1.57. The normalized spacial score (nSPS) is 12.6. The maximum atomic E-state index is 12.3. The van der Waals surface area contributed by atoms with Gasteiger partial charge in [-0.15, -0.1) is 12.6 Å². The number of carbonyl (C=O) groups is 1. The van der Waals surface area contributed by atoms with Crippen molar-refractivity contribution in [1.29, 1.82) is 0 Å². The molecule has 0 bridgehead atoms. The summed E-state index contributed by atoms with van der Waals surface area (Å²) in [5.74, 6) is 0.795.